The van der Waals surface area contributed by atoms with Crippen molar-refractivity contribution in [2.45, 2.75) is 38.0 Å². The molecule has 0 unspecified atom stereocenters. The fraction of sp³-hybridized carbons (Fsp3) is 0.565. The number of amides is 1. The maximum atomic E-state index is 12.7. The van der Waals surface area contributed by atoms with Gasteiger partial charge in [-0.05, 0) is 50.9 Å². The molecule has 2 fully saturated rings. The number of hydrogen-bond donors (Lipinski definition) is 1. The van der Waals surface area contributed by atoms with E-state index in [-0.39, 0.29) is 11.8 Å². The Morgan fingerprint density at radius 1 is 1.03 bits per heavy atom. The summed E-state index contributed by atoms with van der Waals surface area (Å²) in [5.74, 6) is 1.85. The maximum absolute atomic E-state index is 12.7. The van der Waals surface area contributed by atoms with E-state index in [2.05, 4.69) is 4.90 Å². The number of pyridine rings is 1. The minimum absolute atomic E-state index is 0.256. The summed E-state index contributed by atoms with van der Waals surface area (Å²) in [6, 6.07) is 5.77. The summed E-state index contributed by atoms with van der Waals surface area (Å²) >= 11 is 0. The van der Waals surface area contributed by atoms with Gasteiger partial charge >= 0.3 is 0 Å². The van der Waals surface area contributed by atoms with Crippen LogP contribution in [0.4, 0.5) is 5.69 Å². The van der Waals surface area contributed by atoms with Crippen molar-refractivity contribution in [3.05, 3.63) is 23.9 Å². The van der Waals surface area contributed by atoms with E-state index in [0.29, 0.717) is 23.7 Å². The van der Waals surface area contributed by atoms with Gasteiger partial charge in [0.15, 0.2) is 11.5 Å². The molecule has 0 aliphatic carbocycles. The van der Waals surface area contributed by atoms with E-state index in [1.54, 1.807) is 14.2 Å². The number of hydrogen-bond acceptors (Lipinski definition) is 6. The predicted octanol–water partition coefficient (Wildman–Crippen LogP) is 3.03. The lowest BCUT2D eigenvalue weighted by Crippen LogP contribution is -2.45. The molecular formula is C23H32N4O3. The summed E-state index contributed by atoms with van der Waals surface area (Å²) in [6.45, 7) is 4.19. The second kappa shape index (κ2) is 9.08. The van der Waals surface area contributed by atoms with E-state index in [1.807, 2.05) is 23.1 Å². The lowest BCUT2D eigenvalue weighted by Gasteiger charge is -2.34. The van der Waals surface area contributed by atoms with Gasteiger partial charge < -0.3 is 20.1 Å². The molecule has 7 heteroatoms. The molecule has 162 valence electrons. The third-order valence-electron chi connectivity index (χ3n) is 6.42. The van der Waals surface area contributed by atoms with Crippen LogP contribution in [0.1, 0.15) is 43.7 Å². The normalized spacial score (nSPS) is 18.5. The van der Waals surface area contributed by atoms with Crippen molar-refractivity contribution in [3.8, 4) is 11.5 Å². The zero-order valence-corrected chi connectivity index (χ0v) is 18.0. The van der Waals surface area contributed by atoms with Crippen molar-refractivity contribution in [1.82, 2.24) is 14.8 Å². The molecule has 7 nitrogen and oxygen atoms in total. The fourth-order valence-corrected chi connectivity index (χ4v) is 4.67. The Balaban J connectivity index is 1.44. The first-order valence-electron chi connectivity index (χ1n) is 10.9. The molecule has 0 bridgehead atoms. The highest BCUT2D eigenvalue weighted by Crippen LogP contribution is 2.36. The van der Waals surface area contributed by atoms with Gasteiger partial charge in [0.05, 0.1) is 37.7 Å². The van der Waals surface area contributed by atoms with Crippen molar-refractivity contribution in [2.75, 3.05) is 52.7 Å². The summed E-state index contributed by atoms with van der Waals surface area (Å²) < 4.78 is 10.8. The molecule has 2 saturated heterocycles. The Labute approximate surface area is 178 Å². The third-order valence-corrected chi connectivity index (χ3v) is 6.42. The monoisotopic (exact) mass is 412 g/mol. The first kappa shape index (κ1) is 20.7. The zero-order chi connectivity index (χ0) is 21.1. The molecule has 4 rings (SSSR count). The smallest absolute Gasteiger partial charge is 0.236 e. The van der Waals surface area contributed by atoms with Crippen molar-refractivity contribution in [3.63, 3.8) is 0 Å². The van der Waals surface area contributed by atoms with Gasteiger partial charge in [0.2, 0.25) is 5.91 Å². The van der Waals surface area contributed by atoms with Gasteiger partial charge in [0.25, 0.3) is 0 Å². The molecule has 1 aromatic heterocycles. The van der Waals surface area contributed by atoms with Gasteiger partial charge in [-0.3, -0.25) is 14.7 Å². The molecule has 30 heavy (non-hydrogen) atoms. The van der Waals surface area contributed by atoms with Gasteiger partial charge in [-0.15, -0.1) is 0 Å². The summed E-state index contributed by atoms with van der Waals surface area (Å²) in [7, 11) is 3.24. The molecule has 0 atom stereocenters. The number of benzene rings is 1. The van der Waals surface area contributed by atoms with E-state index >= 15 is 0 Å². The molecule has 2 N–H and O–H groups in total. The number of methoxy groups -OCH3 is 2. The Hall–Kier alpha value is -2.54. The fourth-order valence-electron chi connectivity index (χ4n) is 4.67. The zero-order valence-electron chi connectivity index (χ0n) is 18.0. The molecule has 0 spiro atoms. The third kappa shape index (κ3) is 4.31. The number of anilines is 1. The van der Waals surface area contributed by atoms with Crippen molar-refractivity contribution in [1.29, 1.82) is 0 Å². The van der Waals surface area contributed by atoms with Crippen LogP contribution in [0.5, 0.6) is 11.5 Å². The second-order valence-corrected chi connectivity index (χ2v) is 8.35. The van der Waals surface area contributed by atoms with Crippen LogP contribution < -0.4 is 15.2 Å². The minimum atomic E-state index is 0.256. The number of ether oxygens (including phenoxy) is 2. The average molecular weight is 413 g/mol. The number of nitrogens with two attached hydrogens (primary N) is 1. The van der Waals surface area contributed by atoms with Crippen LogP contribution in [0, 0.1) is 0 Å². The van der Waals surface area contributed by atoms with Crippen LogP contribution >= 0.6 is 0 Å². The molecular weight excluding hydrogens is 380 g/mol. The molecule has 1 aromatic carbocycles. The molecule has 0 radical (unpaired) electrons. The second-order valence-electron chi connectivity index (χ2n) is 8.35. The van der Waals surface area contributed by atoms with Gasteiger partial charge in [0, 0.05) is 30.5 Å². The lowest BCUT2D eigenvalue weighted by atomic mass is 9.91. The first-order valence-corrected chi connectivity index (χ1v) is 10.9. The van der Waals surface area contributed by atoms with Crippen LogP contribution in [-0.2, 0) is 4.79 Å². The number of likely N-dealkylation sites (tertiary alicyclic amines) is 2. The van der Waals surface area contributed by atoms with E-state index < -0.39 is 0 Å². The van der Waals surface area contributed by atoms with E-state index in [1.165, 1.54) is 19.3 Å². The number of carbonyl (C=O) groups excluding carboxylic acids is 1. The van der Waals surface area contributed by atoms with Crippen molar-refractivity contribution in [2.24, 2.45) is 0 Å². The Morgan fingerprint density at radius 2 is 1.70 bits per heavy atom. The molecule has 3 heterocycles. The number of aromatic nitrogens is 1. The van der Waals surface area contributed by atoms with Crippen molar-refractivity contribution >= 4 is 22.5 Å². The van der Waals surface area contributed by atoms with Crippen LogP contribution in [0.25, 0.3) is 10.9 Å². The Bertz CT molecular complexity index is 903. The van der Waals surface area contributed by atoms with E-state index in [9.17, 15) is 4.79 Å². The minimum Gasteiger partial charge on any atom is -0.493 e. The van der Waals surface area contributed by atoms with Gasteiger partial charge in [-0.2, -0.15) is 0 Å². The molecule has 0 saturated carbocycles. The maximum Gasteiger partial charge on any atom is 0.236 e. The highest BCUT2D eigenvalue weighted by molar-refractivity contribution is 5.86. The summed E-state index contributed by atoms with van der Waals surface area (Å²) in [5, 5.41) is 0.933. The standard InChI is InChI=1S/C23H32N4O3/c1-29-20-13-17-12-18(24)23(25-19(17)14-21(20)30-2)16-6-10-27(11-7-16)22(28)15-26-8-4-3-5-9-26/h12-14,16H,3-11,15,24H2,1-2H3. The predicted molar refractivity (Wildman–Crippen MR) is 118 cm³/mol. The first-order chi connectivity index (χ1) is 14.6. The summed E-state index contributed by atoms with van der Waals surface area (Å²) in [5.41, 5.74) is 8.85. The average Bonchev–Trinajstić information content (AvgIpc) is 2.78. The molecule has 1 amide bonds. The number of fused-ring (bicyclic) bond motifs is 1. The van der Waals surface area contributed by atoms with Crippen LogP contribution in [0.15, 0.2) is 18.2 Å². The number of nitrogen functional groups attached to an aromatic ring is 1. The summed E-state index contributed by atoms with van der Waals surface area (Å²) in [6.07, 6.45) is 5.48. The lowest BCUT2D eigenvalue weighted by molar-refractivity contribution is -0.133. The number of piperidine rings is 2. The largest absolute Gasteiger partial charge is 0.493 e. The Morgan fingerprint density at radius 3 is 2.37 bits per heavy atom. The highest BCUT2D eigenvalue weighted by Gasteiger charge is 2.27. The topological polar surface area (TPSA) is 80.9 Å². The van der Waals surface area contributed by atoms with Gasteiger partial charge in [-0.1, -0.05) is 6.42 Å². The van der Waals surface area contributed by atoms with Gasteiger partial charge in [-0.25, -0.2) is 0 Å². The van der Waals surface area contributed by atoms with Gasteiger partial charge in [0.1, 0.15) is 0 Å². The van der Waals surface area contributed by atoms with Crippen LogP contribution in [0.2, 0.25) is 0 Å². The number of carbonyl (C=O) groups is 1. The SMILES string of the molecule is COc1cc2cc(N)c(C3CCN(C(=O)CN4CCCCC4)CC3)nc2cc1OC. The quantitative estimate of drug-likeness (QED) is 0.813. The molecule has 2 aliphatic rings. The molecule has 2 aliphatic heterocycles. The van der Waals surface area contributed by atoms with Crippen LogP contribution in [0.3, 0.4) is 0 Å². The van der Waals surface area contributed by atoms with E-state index in [4.69, 9.17) is 20.2 Å². The highest BCUT2D eigenvalue weighted by atomic mass is 16.5. The van der Waals surface area contributed by atoms with Crippen LogP contribution in [-0.4, -0.2) is 67.6 Å². The number of rotatable bonds is 5. The summed E-state index contributed by atoms with van der Waals surface area (Å²) in [4.78, 5) is 21.9. The van der Waals surface area contributed by atoms with E-state index in [0.717, 1.165) is 55.6 Å². The molecule has 2 aromatic rings. The van der Waals surface area contributed by atoms with Crippen molar-refractivity contribution < 1.29 is 14.3 Å². The Kier molecular flexibility index (Phi) is 6.27. The number of nitrogens with zero attached hydrogens (tertiary/aromatic N) is 3.